The Balaban J connectivity index is 2.42. The third kappa shape index (κ3) is 2.33. The Morgan fingerprint density at radius 3 is 2.60 bits per heavy atom. The second-order valence-corrected chi connectivity index (χ2v) is 4.76. The summed E-state index contributed by atoms with van der Waals surface area (Å²) in [6.07, 6.45) is 0. The molecule has 0 bridgehead atoms. The average Bonchev–Trinajstić information content (AvgIpc) is 2.29. The first-order valence-electron chi connectivity index (χ1n) is 5.18. The van der Waals surface area contributed by atoms with E-state index in [0.717, 1.165) is 6.54 Å². The van der Waals surface area contributed by atoms with Crippen molar-refractivity contribution < 1.29 is 0 Å². The predicted octanol–water partition coefficient (Wildman–Crippen LogP) is 3.80. The molecule has 15 heavy (non-hydrogen) atoms. The van der Waals surface area contributed by atoms with E-state index in [1.54, 1.807) is 11.9 Å². The van der Waals surface area contributed by atoms with Crippen molar-refractivity contribution >= 4 is 22.7 Å². The van der Waals surface area contributed by atoms with Crippen LogP contribution in [-0.2, 0) is 0 Å². The van der Waals surface area contributed by atoms with Gasteiger partial charge < -0.3 is 0 Å². The van der Waals surface area contributed by atoms with E-state index in [9.17, 15) is 0 Å². The Morgan fingerprint density at radius 1 is 1.07 bits per heavy atom. The minimum Gasteiger partial charge on any atom is -0.250 e. The Morgan fingerprint density at radius 2 is 1.80 bits per heavy atom. The Hall–Kier alpha value is -0.990. The molecule has 2 aromatic rings. The number of rotatable bonds is 3. The van der Waals surface area contributed by atoms with Crippen molar-refractivity contribution in [3.05, 3.63) is 42.5 Å². The fourth-order valence-electron chi connectivity index (χ4n) is 1.51. The smallest absolute Gasteiger partial charge is 0.0308 e. The van der Waals surface area contributed by atoms with Gasteiger partial charge in [0.05, 0.1) is 0 Å². The molecule has 0 aliphatic rings. The second kappa shape index (κ2) is 4.69. The van der Waals surface area contributed by atoms with E-state index in [0.29, 0.717) is 0 Å². The van der Waals surface area contributed by atoms with Crippen LogP contribution in [0.1, 0.15) is 6.92 Å². The van der Waals surface area contributed by atoms with E-state index in [4.69, 9.17) is 0 Å². The van der Waals surface area contributed by atoms with Gasteiger partial charge >= 0.3 is 0 Å². The maximum Gasteiger partial charge on any atom is 0.0308 e. The summed E-state index contributed by atoms with van der Waals surface area (Å²) < 4.78 is 2.24. The molecule has 0 amide bonds. The van der Waals surface area contributed by atoms with Crippen molar-refractivity contribution in [3.63, 3.8) is 0 Å². The monoisotopic (exact) mass is 217 g/mol. The third-order valence-electron chi connectivity index (χ3n) is 2.45. The zero-order chi connectivity index (χ0) is 10.7. The molecule has 0 heterocycles. The summed E-state index contributed by atoms with van der Waals surface area (Å²) in [7, 11) is 2.12. The fourth-order valence-corrected chi connectivity index (χ4v) is 2.40. The van der Waals surface area contributed by atoms with E-state index in [1.807, 2.05) is 0 Å². The molecule has 0 fully saturated rings. The van der Waals surface area contributed by atoms with Crippen LogP contribution in [0, 0.1) is 0 Å². The molecular weight excluding hydrogens is 202 g/mol. The molecule has 2 heteroatoms. The molecule has 78 valence electrons. The van der Waals surface area contributed by atoms with Crippen molar-refractivity contribution in [3.8, 4) is 0 Å². The SMILES string of the molecule is CCN(C)Sc1cccc2ccccc12. The lowest BCUT2D eigenvalue weighted by molar-refractivity contribution is 0.602. The van der Waals surface area contributed by atoms with Crippen molar-refractivity contribution in [2.45, 2.75) is 11.8 Å². The summed E-state index contributed by atoms with van der Waals surface area (Å²) in [5.74, 6) is 0. The molecule has 0 saturated carbocycles. The lowest BCUT2D eigenvalue weighted by Gasteiger charge is -2.13. The molecule has 0 N–H and O–H groups in total. The normalized spacial score (nSPS) is 11.1. The first-order chi connectivity index (χ1) is 7.31. The lowest BCUT2D eigenvalue weighted by Crippen LogP contribution is -2.06. The van der Waals surface area contributed by atoms with Gasteiger partial charge in [0, 0.05) is 11.4 Å². The van der Waals surface area contributed by atoms with Crippen LogP contribution in [0.3, 0.4) is 0 Å². The minimum atomic E-state index is 1.05. The van der Waals surface area contributed by atoms with Crippen LogP contribution in [0.15, 0.2) is 47.4 Å². The van der Waals surface area contributed by atoms with E-state index in [2.05, 4.69) is 60.7 Å². The standard InChI is InChI=1S/C13H15NS/c1-3-14(2)15-13-10-6-8-11-7-4-5-9-12(11)13/h4-10H,3H2,1-2H3. The van der Waals surface area contributed by atoms with Crippen LogP contribution >= 0.6 is 11.9 Å². The van der Waals surface area contributed by atoms with Crippen LogP contribution < -0.4 is 0 Å². The fraction of sp³-hybridized carbons (Fsp3) is 0.231. The lowest BCUT2D eigenvalue weighted by atomic mass is 10.1. The van der Waals surface area contributed by atoms with Gasteiger partial charge in [-0.1, -0.05) is 43.3 Å². The van der Waals surface area contributed by atoms with Gasteiger partial charge in [-0.2, -0.15) is 0 Å². The topological polar surface area (TPSA) is 3.24 Å². The second-order valence-electron chi connectivity index (χ2n) is 3.51. The molecule has 0 atom stereocenters. The van der Waals surface area contributed by atoms with Crippen LogP contribution in [0.5, 0.6) is 0 Å². The Labute approximate surface area is 95.2 Å². The molecule has 0 unspecified atom stereocenters. The molecule has 0 radical (unpaired) electrons. The maximum absolute atomic E-state index is 2.24. The minimum absolute atomic E-state index is 1.05. The van der Waals surface area contributed by atoms with Crippen LogP contribution in [0.25, 0.3) is 10.8 Å². The van der Waals surface area contributed by atoms with E-state index in [-0.39, 0.29) is 0 Å². The van der Waals surface area contributed by atoms with E-state index in [1.165, 1.54) is 15.7 Å². The van der Waals surface area contributed by atoms with Gasteiger partial charge in [0.1, 0.15) is 0 Å². The highest BCUT2D eigenvalue weighted by atomic mass is 32.2. The summed E-state index contributed by atoms with van der Waals surface area (Å²) in [5.41, 5.74) is 0. The Kier molecular flexibility index (Phi) is 3.29. The van der Waals surface area contributed by atoms with Gasteiger partial charge in [-0.05, 0) is 35.8 Å². The molecule has 0 aromatic heterocycles. The number of benzene rings is 2. The van der Waals surface area contributed by atoms with Crippen LogP contribution in [0.2, 0.25) is 0 Å². The van der Waals surface area contributed by atoms with Crippen molar-refractivity contribution in [1.82, 2.24) is 4.31 Å². The van der Waals surface area contributed by atoms with Crippen molar-refractivity contribution in [2.75, 3.05) is 13.6 Å². The first kappa shape index (κ1) is 10.5. The van der Waals surface area contributed by atoms with Crippen molar-refractivity contribution in [1.29, 1.82) is 0 Å². The molecule has 2 rings (SSSR count). The van der Waals surface area contributed by atoms with Gasteiger partial charge in [-0.15, -0.1) is 0 Å². The molecule has 1 nitrogen and oxygen atoms in total. The van der Waals surface area contributed by atoms with Gasteiger partial charge in [0.15, 0.2) is 0 Å². The van der Waals surface area contributed by atoms with Gasteiger partial charge in [0.2, 0.25) is 0 Å². The Bertz CT molecular complexity index is 448. The number of hydrogen-bond acceptors (Lipinski definition) is 2. The summed E-state index contributed by atoms with van der Waals surface area (Å²) in [4.78, 5) is 1.33. The van der Waals surface area contributed by atoms with Crippen LogP contribution in [0.4, 0.5) is 0 Å². The number of fused-ring (bicyclic) bond motifs is 1. The summed E-state index contributed by atoms with van der Waals surface area (Å²) in [6, 6.07) is 15.0. The van der Waals surface area contributed by atoms with Crippen LogP contribution in [-0.4, -0.2) is 17.9 Å². The number of nitrogens with zero attached hydrogens (tertiary/aromatic N) is 1. The van der Waals surface area contributed by atoms with Gasteiger partial charge in [-0.3, -0.25) is 0 Å². The van der Waals surface area contributed by atoms with E-state index < -0.39 is 0 Å². The summed E-state index contributed by atoms with van der Waals surface area (Å²) in [6.45, 7) is 3.21. The molecular formula is C13H15NS. The summed E-state index contributed by atoms with van der Waals surface area (Å²) >= 11 is 1.81. The predicted molar refractivity (Wildman–Crippen MR) is 68.1 cm³/mol. The highest BCUT2D eigenvalue weighted by Gasteiger charge is 2.03. The largest absolute Gasteiger partial charge is 0.250 e. The quantitative estimate of drug-likeness (QED) is 0.719. The molecule has 0 aliphatic carbocycles. The molecule has 0 aliphatic heterocycles. The van der Waals surface area contributed by atoms with Crippen molar-refractivity contribution in [2.24, 2.45) is 0 Å². The average molecular weight is 217 g/mol. The highest BCUT2D eigenvalue weighted by Crippen LogP contribution is 2.28. The van der Waals surface area contributed by atoms with E-state index >= 15 is 0 Å². The highest BCUT2D eigenvalue weighted by molar-refractivity contribution is 7.97. The third-order valence-corrected chi connectivity index (χ3v) is 3.57. The molecule has 0 saturated heterocycles. The summed E-state index contributed by atoms with van der Waals surface area (Å²) in [5, 5.41) is 2.65. The van der Waals surface area contributed by atoms with Gasteiger partial charge in [-0.25, -0.2) is 4.31 Å². The maximum atomic E-state index is 2.24. The zero-order valence-corrected chi connectivity index (χ0v) is 9.92. The molecule has 0 spiro atoms. The van der Waals surface area contributed by atoms with Gasteiger partial charge in [0.25, 0.3) is 0 Å². The number of hydrogen-bond donors (Lipinski definition) is 0. The first-order valence-corrected chi connectivity index (χ1v) is 5.95. The zero-order valence-electron chi connectivity index (χ0n) is 9.10. The molecule has 2 aromatic carbocycles.